The molecule has 1 aromatic heterocycles. The molecular formula is C12H12N4O3. The zero-order valence-electron chi connectivity index (χ0n) is 10.2. The lowest BCUT2D eigenvalue weighted by molar-refractivity contribution is -0.385. The van der Waals surface area contributed by atoms with E-state index < -0.39 is 4.92 Å². The molecule has 1 amide bonds. The molecule has 19 heavy (non-hydrogen) atoms. The maximum Gasteiger partial charge on any atom is 0.309 e. The molecule has 0 radical (unpaired) electrons. The van der Waals surface area contributed by atoms with E-state index in [1.54, 1.807) is 31.2 Å². The maximum atomic E-state index is 11.8. The van der Waals surface area contributed by atoms with Gasteiger partial charge in [-0.15, -0.1) is 0 Å². The van der Waals surface area contributed by atoms with Crippen molar-refractivity contribution in [3.63, 3.8) is 0 Å². The Labute approximate surface area is 109 Å². The van der Waals surface area contributed by atoms with Crippen LogP contribution in [-0.4, -0.2) is 20.6 Å². The maximum absolute atomic E-state index is 11.8. The molecule has 1 aromatic carbocycles. The zero-order chi connectivity index (χ0) is 13.8. The third-order valence-corrected chi connectivity index (χ3v) is 2.62. The number of carbonyl (C=O) groups excluding carboxylic acids is 1. The number of nitrogens with zero attached hydrogens (tertiary/aromatic N) is 3. The average molecular weight is 260 g/mol. The molecule has 0 atom stereocenters. The highest BCUT2D eigenvalue weighted by atomic mass is 16.6. The third-order valence-electron chi connectivity index (χ3n) is 2.62. The molecule has 0 aliphatic carbocycles. The molecule has 0 saturated carbocycles. The van der Waals surface area contributed by atoms with Gasteiger partial charge < -0.3 is 5.32 Å². The van der Waals surface area contributed by atoms with Crippen molar-refractivity contribution in [1.29, 1.82) is 0 Å². The first kappa shape index (κ1) is 12.7. The minimum atomic E-state index is -0.520. The van der Waals surface area contributed by atoms with Crippen molar-refractivity contribution in [2.75, 3.05) is 5.32 Å². The summed E-state index contributed by atoms with van der Waals surface area (Å²) in [6.07, 6.45) is 1.14. The predicted octanol–water partition coefficient (Wildman–Crippen LogP) is 1.74. The molecule has 0 aliphatic rings. The topological polar surface area (TPSA) is 90.1 Å². The summed E-state index contributed by atoms with van der Waals surface area (Å²) < 4.78 is 1.30. The zero-order valence-corrected chi connectivity index (χ0v) is 10.2. The van der Waals surface area contributed by atoms with Crippen LogP contribution in [0.5, 0.6) is 0 Å². The molecule has 0 fully saturated rings. The second-order valence-electron chi connectivity index (χ2n) is 3.94. The molecule has 0 aliphatic heterocycles. The van der Waals surface area contributed by atoms with Gasteiger partial charge in [0.2, 0.25) is 5.91 Å². The van der Waals surface area contributed by atoms with Gasteiger partial charge in [0.25, 0.3) is 0 Å². The second-order valence-corrected chi connectivity index (χ2v) is 3.94. The Hall–Kier alpha value is -2.70. The van der Waals surface area contributed by atoms with Crippen LogP contribution < -0.4 is 5.32 Å². The smallest absolute Gasteiger partial charge is 0.309 e. The van der Waals surface area contributed by atoms with E-state index in [1.165, 1.54) is 4.68 Å². The Morgan fingerprint density at radius 3 is 2.68 bits per heavy atom. The van der Waals surface area contributed by atoms with Gasteiger partial charge >= 0.3 is 5.69 Å². The van der Waals surface area contributed by atoms with E-state index >= 15 is 0 Å². The summed E-state index contributed by atoms with van der Waals surface area (Å²) in [5.74, 6) is -0.285. The van der Waals surface area contributed by atoms with Crippen molar-refractivity contribution < 1.29 is 9.72 Å². The van der Waals surface area contributed by atoms with Crippen LogP contribution in [0.25, 0.3) is 0 Å². The number of nitro groups is 1. The summed E-state index contributed by atoms with van der Waals surface area (Å²) in [5.41, 5.74) is 0.938. The SMILES string of the molecule is Cc1c([N+](=O)[O-])cnn1CC(=O)Nc1ccccc1. The summed E-state index contributed by atoms with van der Waals surface area (Å²) in [7, 11) is 0. The molecule has 1 N–H and O–H groups in total. The Balaban J connectivity index is 2.05. The van der Waals surface area contributed by atoms with Crippen LogP contribution in [0.15, 0.2) is 36.5 Å². The lowest BCUT2D eigenvalue weighted by Crippen LogP contribution is -2.20. The van der Waals surface area contributed by atoms with Crippen molar-refractivity contribution in [1.82, 2.24) is 9.78 Å². The van der Waals surface area contributed by atoms with Crippen molar-refractivity contribution in [3.05, 3.63) is 52.3 Å². The van der Waals surface area contributed by atoms with Gasteiger partial charge in [0.05, 0.1) is 4.92 Å². The third kappa shape index (κ3) is 2.95. The van der Waals surface area contributed by atoms with Crippen molar-refractivity contribution >= 4 is 17.3 Å². The minimum Gasteiger partial charge on any atom is -0.324 e. The lowest BCUT2D eigenvalue weighted by Gasteiger charge is -2.06. The van der Waals surface area contributed by atoms with Crippen LogP contribution in [0.1, 0.15) is 5.69 Å². The number of amides is 1. The number of rotatable bonds is 4. The van der Waals surface area contributed by atoms with Gasteiger partial charge in [-0.3, -0.25) is 19.6 Å². The molecule has 98 valence electrons. The van der Waals surface area contributed by atoms with E-state index in [1.807, 2.05) is 6.07 Å². The predicted molar refractivity (Wildman–Crippen MR) is 68.7 cm³/mol. The van der Waals surface area contributed by atoms with Gasteiger partial charge in [-0.05, 0) is 19.1 Å². The molecule has 2 aromatic rings. The Bertz CT molecular complexity index is 607. The fourth-order valence-corrected chi connectivity index (χ4v) is 1.63. The Kier molecular flexibility index (Phi) is 3.56. The number of anilines is 1. The second kappa shape index (κ2) is 5.30. The summed E-state index contributed by atoms with van der Waals surface area (Å²) in [6, 6.07) is 8.97. The first-order valence-electron chi connectivity index (χ1n) is 5.59. The molecule has 7 heteroatoms. The highest BCUT2D eigenvalue weighted by Crippen LogP contribution is 2.16. The van der Waals surface area contributed by atoms with Gasteiger partial charge in [-0.25, -0.2) is 0 Å². The summed E-state index contributed by atoms with van der Waals surface area (Å²) in [4.78, 5) is 21.9. The summed E-state index contributed by atoms with van der Waals surface area (Å²) >= 11 is 0. The van der Waals surface area contributed by atoms with Gasteiger partial charge in [0.1, 0.15) is 18.4 Å². The van der Waals surface area contributed by atoms with Gasteiger partial charge in [-0.1, -0.05) is 18.2 Å². The van der Waals surface area contributed by atoms with E-state index in [0.717, 1.165) is 6.20 Å². The molecule has 2 rings (SSSR count). The van der Waals surface area contributed by atoms with E-state index in [0.29, 0.717) is 11.4 Å². The van der Waals surface area contributed by atoms with Crippen molar-refractivity contribution in [3.8, 4) is 0 Å². The normalized spacial score (nSPS) is 10.2. The molecule has 0 saturated heterocycles. The molecule has 0 spiro atoms. The monoisotopic (exact) mass is 260 g/mol. The molecule has 7 nitrogen and oxygen atoms in total. The molecule has 0 bridgehead atoms. The number of carbonyl (C=O) groups is 1. The first-order valence-corrected chi connectivity index (χ1v) is 5.59. The van der Waals surface area contributed by atoms with Crippen LogP contribution in [0.4, 0.5) is 11.4 Å². The van der Waals surface area contributed by atoms with E-state index in [9.17, 15) is 14.9 Å². The number of nitrogens with one attached hydrogen (secondary N) is 1. The van der Waals surface area contributed by atoms with E-state index in [4.69, 9.17) is 0 Å². The van der Waals surface area contributed by atoms with Crippen LogP contribution in [0, 0.1) is 17.0 Å². The number of benzene rings is 1. The number of hydrogen-bond acceptors (Lipinski definition) is 4. The summed E-state index contributed by atoms with van der Waals surface area (Å²) in [6.45, 7) is 1.50. The van der Waals surface area contributed by atoms with Gasteiger partial charge in [0, 0.05) is 5.69 Å². The molecule has 1 heterocycles. The quantitative estimate of drug-likeness (QED) is 0.669. The Morgan fingerprint density at radius 2 is 2.11 bits per heavy atom. The minimum absolute atomic E-state index is 0.0609. The first-order chi connectivity index (χ1) is 9.08. The van der Waals surface area contributed by atoms with Crippen LogP contribution in [-0.2, 0) is 11.3 Å². The standard InChI is InChI=1S/C12H12N4O3/c1-9-11(16(18)19)7-13-15(9)8-12(17)14-10-5-3-2-4-6-10/h2-7H,8H2,1H3,(H,14,17). The lowest BCUT2D eigenvalue weighted by atomic mass is 10.3. The number of aromatic nitrogens is 2. The number of para-hydroxylation sites is 1. The average Bonchev–Trinajstić information content (AvgIpc) is 2.72. The van der Waals surface area contributed by atoms with E-state index in [-0.39, 0.29) is 18.1 Å². The van der Waals surface area contributed by atoms with Gasteiger partial charge in [-0.2, -0.15) is 5.10 Å². The fraction of sp³-hybridized carbons (Fsp3) is 0.167. The molecular weight excluding hydrogens is 248 g/mol. The number of hydrogen-bond donors (Lipinski definition) is 1. The Morgan fingerprint density at radius 1 is 1.42 bits per heavy atom. The summed E-state index contributed by atoms with van der Waals surface area (Å²) in [5, 5.41) is 17.2. The van der Waals surface area contributed by atoms with Crippen LogP contribution in [0.3, 0.4) is 0 Å². The van der Waals surface area contributed by atoms with Crippen molar-refractivity contribution in [2.45, 2.75) is 13.5 Å². The van der Waals surface area contributed by atoms with Crippen LogP contribution >= 0.6 is 0 Å². The largest absolute Gasteiger partial charge is 0.324 e. The highest BCUT2D eigenvalue weighted by Gasteiger charge is 2.17. The van der Waals surface area contributed by atoms with Crippen LogP contribution in [0.2, 0.25) is 0 Å². The fourth-order valence-electron chi connectivity index (χ4n) is 1.63. The highest BCUT2D eigenvalue weighted by molar-refractivity contribution is 5.90. The molecule has 0 unspecified atom stereocenters. The van der Waals surface area contributed by atoms with E-state index in [2.05, 4.69) is 10.4 Å². The van der Waals surface area contributed by atoms with Gasteiger partial charge in [0.15, 0.2) is 0 Å². The van der Waals surface area contributed by atoms with Crippen molar-refractivity contribution in [2.24, 2.45) is 0 Å².